The van der Waals surface area contributed by atoms with Gasteiger partial charge >= 0.3 is 5.91 Å². The molecule has 1 saturated heterocycles. The van der Waals surface area contributed by atoms with Gasteiger partial charge in [0.1, 0.15) is 16.5 Å². The highest BCUT2D eigenvalue weighted by Crippen LogP contribution is 2.43. The Morgan fingerprint density at radius 2 is 1.76 bits per heavy atom. The number of Topliss-reactive ketones (excluding diaryl/α,β-unsaturated/α-hetero) is 1. The minimum absolute atomic E-state index is 0.0294. The molecular weight excluding hydrogens is 450 g/mol. The van der Waals surface area contributed by atoms with Crippen LogP contribution in [0.2, 0.25) is 0 Å². The summed E-state index contributed by atoms with van der Waals surface area (Å²) in [5.74, 6) is -1.03. The summed E-state index contributed by atoms with van der Waals surface area (Å²) in [6, 6.07) is 13.8. The summed E-state index contributed by atoms with van der Waals surface area (Å²) in [6.45, 7) is 6.55. The van der Waals surface area contributed by atoms with Gasteiger partial charge < -0.3 is 9.84 Å². The fourth-order valence-electron chi connectivity index (χ4n) is 3.86. The van der Waals surface area contributed by atoms with Crippen molar-refractivity contribution in [3.05, 3.63) is 75.8 Å². The fraction of sp³-hybridized carbons (Fsp3) is 0.308. The quantitative estimate of drug-likeness (QED) is 0.207. The van der Waals surface area contributed by atoms with Gasteiger partial charge in [0.05, 0.1) is 18.2 Å². The number of aryl methyl sites for hydroxylation is 2. The third-order valence-electron chi connectivity index (χ3n) is 5.76. The summed E-state index contributed by atoms with van der Waals surface area (Å²) in [5.41, 5.74) is 2.31. The van der Waals surface area contributed by atoms with E-state index >= 15 is 0 Å². The molecule has 1 aliphatic heterocycles. The molecule has 1 amide bonds. The number of ether oxygens (including phenoxy) is 1. The predicted molar refractivity (Wildman–Crippen MR) is 132 cm³/mol. The van der Waals surface area contributed by atoms with Crippen LogP contribution < -0.4 is 9.64 Å². The van der Waals surface area contributed by atoms with Gasteiger partial charge in [0.25, 0.3) is 5.78 Å². The summed E-state index contributed by atoms with van der Waals surface area (Å²) in [4.78, 5) is 27.6. The Bertz CT molecular complexity index is 1220. The first-order valence-electron chi connectivity index (χ1n) is 11.4. The van der Waals surface area contributed by atoms with Crippen LogP contribution in [0.25, 0.3) is 5.76 Å². The van der Waals surface area contributed by atoms with Crippen molar-refractivity contribution in [1.29, 1.82) is 0 Å². The molecule has 0 radical (unpaired) electrons. The SMILES string of the molecule is CCCCOc1ccc(C(O)=C2C(=O)C(=O)N(c3nnc(C)s3)[C@H]2c2ccc(CC)cc2)cc1. The van der Waals surface area contributed by atoms with E-state index in [-0.39, 0.29) is 11.3 Å². The van der Waals surface area contributed by atoms with E-state index in [1.54, 1.807) is 31.2 Å². The summed E-state index contributed by atoms with van der Waals surface area (Å²) >= 11 is 1.23. The van der Waals surface area contributed by atoms with E-state index in [0.29, 0.717) is 33.6 Å². The lowest BCUT2D eigenvalue weighted by Gasteiger charge is -2.22. The van der Waals surface area contributed by atoms with Crippen molar-refractivity contribution in [1.82, 2.24) is 10.2 Å². The highest BCUT2D eigenvalue weighted by molar-refractivity contribution is 7.15. The van der Waals surface area contributed by atoms with Crippen LogP contribution >= 0.6 is 11.3 Å². The van der Waals surface area contributed by atoms with Crippen molar-refractivity contribution in [3.63, 3.8) is 0 Å². The van der Waals surface area contributed by atoms with Crippen molar-refractivity contribution in [3.8, 4) is 5.75 Å². The van der Waals surface area contributed by atoms with Gasteiger partial charge in [0.15, 0.2) is 0 Å². The molecule has 3 aromatic rings. The number of carbonyl (C=O) groups is 2. The van der Waals surface area contributed by atoms with E-state index in [9.17, 15) is 14.7 Å². The van der Waals surface area contributed by atoms with Gasteiger partial charge in [-0.25, -0.2) is 0 Å². The molecule has 0 spiro atoms. The number of hydrogen-bond donors (Lipinski definition) is 1. The number of amides is 1. The minimum atomic E-state index is -0.807. The number of carbonyl (C=O) groups excluding carboxylic acids is 2. The largest absolute Gasteiger partial charge is 0.507 e. The number of aliphatic hydroxyl groups is 1. The number of aromatic nitrogens is 2. The Hall–Kier alpha value is -3.52. The number of anilines is 1. The molecule has 7 nitrogen and oxygen atoms in total. The van der Waals surface area contributed by atoms with Crippen LogP contribution in [0.4, 0.5) is 5.13 Å². The maximum Gasteiger partial charge on any atom is 0.301 e. The van der Waals surface area contributed by atoms with Crippen LogP contribution in [0.1, 0.15) is 54.4 Å². The number of nitrogens with zero attached hydrogens (tertiary/aromatic N) is 3. The third kappa shape index (κ3) is 4.59. The average molecular weight is 478 g/mol. The van der Waals surface area contributed by atoms with E-state index in [1.807, 2.05) is 24.3 Å². The van der Waals surface area contributed by atoms with Crippen molar-refractivity contribution < 1.29 is 19.4 Å². The Labute approximate surface area is 202 Å². The van der Waals surface area contributed by atoms with Crippen molar-refractivity contribution in [2.45, 2.75) is 46.1 Å². The van der Waals surface area contributed by atoms with Crippen LogP contribution in [0.5, 0.6) is 5.75 Å². The monoisotopic (exact) mass is 477 g/mol. The summed E-state index contributed by atoms with van der Waals surface area (Å²) in [6.07, 6.45) is 2.85. The van der Waals surface area contributed by atoms with Crippen LogP contribution in [-0.2, 0) is 16.0 Å². The second-order valence-electron chi connectivity index (χ2n) is 8.09. The van der Waals surface area contributed by atoms with Gasteiger partial charge in [0, 0.05) is 5.56 Å². The molecular formula is C26H27N3O4S. The lowest BCUT2D eigenvalue weighted by Crippen LogP contribution is -2.29. The Morgan fingerprint density at radius 1 is 1.06 bits per heavy atom. The number of aliphatic hydroxyl groups excluding tert-OH is 1. The first-order chi connectivity index (χ1) is 16.4. The first-order valence-corrected chi connectivity index (χ1v) is 12.2. The topological polar surface area (TPSA) is 92.6 Å². The number of benzene rings is 2. The van der Waals surface area contributed by atoms with E-state index in [4.69, 9.17) is 4.74 Å². The lowest BCUT2D eigenvalue weighted by atomic mass is 9.94. The lowest BCUT2D eigenvalue weighted by molar-refractivity contribution is -0.132. The molecule has 1 atom stereocenters. The molecule has 0 aliphatic carbocycles. The maximum absolute atomic E-state index is 13.2. The summed E-state index contributed by atoms with van der Waals surface area (Å²) < 4.78 is 5.69. The molecule has 2 aromatic carbocycles. The smallest absolute Gasteiger partial charge is 0.301 e. The number of unbranched alkanes of at least 4 members (excludes halogenated alkanes) is 1. The van der Waals surface area contributed by atoms with Crippen LogP contribution in [0, 0.1) is 6.92 Å². The van der Waals surface area contributed by atoms with Crippen molar-refractivity contribution in [2.24, 2.45) is 0 Å². The zero-order chi connectivity index (χ0) is 24.2. The Morgan fingerprint density at radius 3 is 2.35 bits per heavy atom. The van der Waals surface area contributed by atoms with Gasteiger partial charge in [-0.05, 0) is 55.2 Å². The Balaban J connectivity index is 1.78. The molecule has 4 rings (SSSR count). The molecule has 1 aliphatic rings. The zero-order valence-electron chi connectivity index (χ0n) is 19.4. The molecule has 1 fully saturated rings. The van der Waals surface area contributed by atoms with Crippen LogP contribution in [0.15, 0.2) is 54.1 Å². The maximum atomic E-state index is 13.2. The number of rotatable bonds is 8. The molecule has 0 unspecified atom stereocenters. The third-order valence-corrected chi connectivity index (χ3v) is 6.60. The van der Waals surface area contributed by atoms with Crippen LogP contribution in [-0.4, -0.2) is 33.6 Å². The summed E-state index contributed by atoms with van der Waals surface area (Å²) in [7, 11) is 0. The molecule has 0 bridgehead atoms. The normalized spacial score (nSPS) is 17.4. The predicted octanol–water partition coefficient (Wildman–Crippen LogP) is 5.21. The van der Waals surface area contributed by atoms with Crippen LogP contribution in [0.3, 0.4) is 0 Å². The molecule has 1 N–H and O–H groups in total. The highest BCUT2D eigenvalue weighted by atomic mass is 32.1. The highest BCUT2D eigenvalue weighted by Gasteiger charge is 2.48. The van der Waals surface area contributed by atoms with E-state index < -0.39 is 17.7 Å². The molecule has 0 saturated carbocycles. The number of hydrogen-bond acceptors (Lipinski definition) is 7. The minimum Gasteiger partial charge on any atom is -0.507 e. The van der Waals surface area contributed by atoms with E-state index in [0.717, 1.165) is 24.8 Å². The molecule has 176 valence electrons. The van der Waals surface area contributed by atoms with E-state index in [1.165, 1.54) is 16.2 Å². The van der Waals surface area contributed by atoms with Crippen molar-refractivity contribution >= 4 is 33.9 Å². The first kappa shape index (κ1) is 23.6. The number of ketones is 1. The Kier molecular flexibility index (Phi) is 7.07. The van der Waals surface area contributed by atoms with E-state index in [2.05, 4.69) is 24.0 Å². The zero-order valence-corrected chi connectivity index (χ0v) is 20.3. The van der Waals surface area contributed by atoms with Gasteiger partial charge in [-0.15, -0.1) is 10.2 Å². The second-order valence-corrected chi connectivity index (χ2v) is 9.25. The van der Waals surface area contributed by atoms with Crippen molar-refractivity contribution in [2.75, 3.05) is 11.5 Å². The van der Waals surface area contributed by atoms with Gasteiger partial charge in [-0.2, -0.15) is 0 Å². The van der Waals surface area contributed by atoms with Gasteiger partial charge in [-0.1, -0.05) is 55.9 Å². The summed E-state index contributed by atoms with van der Waals surface area (Å²) in [5, 5.41) is 20.3. The second kappa shape index (κ2) is 10.2. The van der Waals surface area contributed by atoms with Gasteiger partial charge in [-0.3, -0.25) is 14.5 Å². The molecule has 34 heavy (non-hydrogen) atoms. The van der Waals surface area contributed by atoms with Gasteiger partial charge in [0.2, 0.25) is 5.13 Å². The average Bonchev–Trinajstić information content (AvgIpc) is 3.39. The molecule has 2 heterocycles. The molecule has 8 heteroatoms. The standard InChI is InChI=1S/C26H27N3O4S/c1-4-6-15-33-20-13-11-19(12-14-20)23(30)21-22(18-9-7-17(5-2)8-10-18)29(25(32)24(21)31)26-28-27-16(3)34-26/h7-14,22,30H,4-6,15H2,1-3H3/t22-/m0/s1. The fourth-order valence-corrected chi connectivity index (χ4v) is 4.58. The molecule has 1 aromatic heterocycles.